The Morgan fingerprint density at radius 3 is 2.67 bits per heavy atom. The van der Waals surface area contributed by atoms with Crippen LogP contribution in [0.4, 0.5) is 0 Å². The summed E-state index contributed by atoms with van der Waals surface area (Å²) in [6.45, 7) is 5.05. The lowest BCUT2D eigenvalue weighted by atomic mass is 9.98. The third-order valence-corrected chi connectivity index (χ3v) is 5.83. The molecule has 3 aromatic rings. The molecule has 0 bridgehead atoms. The maximum absolute atomic E-state index is 11.3. The van der Waals surface area contributed by atoms with Crippen molar-refractivity contribution in [3.8, 4) is 11.8 Å². The molecule has 0 amide bonds. The van der Waals surface area contributed by atoms with Crippen LogP contribution in [0.2, 0.25) is 0 Å². The van der Waals surface area contributed by atoms with Crippen LogP contribution in [-0.2, 0) is 22.6 Å². The number of halogens is 1. The van der Waals surface area contributed by atoms with Gasteiger partial charge in [-0.2, -0.15) is 10.4 Å². The van der Waals surface area contributed by atoms with E-state index >= 15 is 0 Å². The summed E-state index contributed by atoms with van der Waals surface area (Å²) in [5.41, 5.74) is 5.67. The lowest BCUT2D eigenvalue weighted by Crippen LogP contribution is -2.16. The first-order chi connectivity index (χ1) is 14.5. The van der Waals surface area contributed by atoms with Gasteiger partial charge in [-0.05, 0) is 71.4 Å². The molecule has 2 aromatic carbocycles. The number of benzene rings is 2. The van der Waals surface area contributed by atoms with Gasteiger partial charge in [-0.15, -0.1) is 0 Å². The van der Waals surface area contributed by atoms with Gasteiger partial charge in [0.25, 0.3) is 0 Å². The Morgan fingerprint density at radius 1 is 1.23 bits per heavy atom. The maximum Gasteiger partial charge on any atom is 0.120 e. The molecule has 0 aliphatic carbocycles. The highest BCUT2D eigenvalue weighted by atomic mass is 79.9. The highest BCUT2D eigenvalue weighted by Crippen LogP contribution is 2.25. The van der Waals surface area contributed by atoms with Gasteiger partial charge in [-0.3, -0.25) is 0 Å². The van der Waals surface area contributed by atoms with E-state index in [-0.39, 0.29) is 5.92 Å². The van der Waals surface area contributed by atoms with Crippen molar-refractivity contribution in [1.82, 2.24) is 9.78 Å². The van der Waals surface area contributed by atoms with Crippen LogP contribution in [0.3, 0.4) is 0 Å². The van der Waals surface area contributed by atoms with E-state index in [0.717, 1.165) is 39.0 Å². The van der Waals surface area contributed by atoms with Gasteiger partial charge in [0.05, 0.1) is 30.2 Å². The molecule has 1 unspecified atom stereocenters. The fraction of sp³-hybridized carbons (Fsp3) is 0.292. The van der Waals surface area contributed by atoms with E-state index in [0.29, 0.717) is 31.6 Å². The van der Waals surface area contributed by atoms with Crippen molar-refractivity contribution >= 4 is 22.2 Å². The van der Waals surface area contributed by atoms with Gasteiger partial charge in [0.2, 0.25) is 0 Å². The minimum atomic E-state index is 0.0570. The van der Waals surface area contributed by atoms with E-state index in [1.54, 1.807) is 6.07 Å². The number of aromatic nitrogens is 2. The number of aryl methyl sites for hydroxylation is 1. The van der Waals surface area contributed by atoms with Gasteiger partial charge in [0, 0.05) is 16.6 Å². The summed E-state index contributed by atoms with van der Waals surface area (Å²) in [6, 6.07) is 17.7. The summed E-state index contributed by atoms with van der Waals surface area (Å²) in [4.78, 5) is 11.3. The lowest BCUT2D eigenvalue weighted by Gasteiger charge is -2.17. The summed E-state index contributed by atoms with van der Waals surface area (Å²) >= 11 is 3.46. The molecule has 0 N–H and O–H groups in total. The molecule has 0 saturated carbocycles. The van der Waals surface area contributed by atoms with Crippen molar-refractivity contribution < 1.29 is 9.53 Å². The average Bonchev–Trinajstić information content (AvgIpc) is 3.03. The molecule has 3 rings (SSSR count). The Balaban J connectivity index is 1.80. The quantitative estimate of drug-likeness (QED) is 0.412. The molecule has 1 aromatic heterocycles. The van der Waals surface area contributed by atoms with Gasteiger partial charge in [-0.1, -0.05) is 30.3 Å². The lowest BCUT2D eigenvalue weighted by molar-refractivity contribution is -0.109. The van der Waals surface area contributed by atoms with Crippen molar-refractivity contribution in [3.63, 3.8) is 0 Å². The van der Waals surface area contributed by atoms with Gasteiger partial charge >= 0.3 is 0 Å². The number of carbonyl (C=O) groups excluding carboxylic acids is 1. The molecular formula is C24H24BrN3O2. The van der Waals surface area contributed by atoms with Gasteiger partial charge in [0.1, 0.15) is 12.4 Å². The average molecular weight is 466 g/mol. The Labute approximate surface area is 185 Å². The van der Waals surface area contributed by atoms with E-state index in [9.17, 15) is 10.1 Å². The molecule has 30 heavy (non-hydrogen) atoms. The smallest absolute Gasteiger partial charge is 0.120 e. The highest BCUT2D eigenvalue weighted by molar-refractivity contribution is 9.10. The Hall–Kier alpha value is -2.75. The molecule has 0 spiro atoms. The maximum atomic E-state index is 11.3. The second kappa shape index (κ2) is 10.3. The molecule has 1 heterocycles. The molecule has 0 aliphatic rings. The van der Waals surface area contributed by atoms with Crippen LogP contribution in [0.1, 0.15) is 34.5 Å². The molecule has 6 heteroatoms. The first-order valence-electron chi connectivity index (χ1n) is 9.84. The molecule has 0 radical (unpaired) electrons. The molecular weight excluding hydrogens is 442 g/mol. The number of hydrogen-bond donors (Lipinski definition) is 0. The molecule has 0 saturated heterocycles. The first-order valence-corrected chi connectivity index (χ1v) is 10.6. The van der Waals surface area contributed by atoms with Crippen molar-refractivity contribution in [1.29, 1.82) is 5.26 Å². The van der Waals surface area contributed by atoms with E-state index in [4.69, 9.17) is 9.84 Å². The second-order valence-corrected chi connectivity index (χ2v) is 8.17. The van der Waals surface area contributed by atoms with Crippen molar-refractivity contribution in [2.24, 2.45) is 5.92 Å². The van der Waals surface area contributed by atoms with Gasteiger partial charge in [-0.25, -0.2) is 4.68 Å². The Morgan fingerprint density at radius 2 is 2.00 bits per heavy atom. The minimum Gasteiger partial charge on any atom is -0.376 e. The molecule has 5 nitrogen and oxygen atoms in total. The van der Waals surface area contributed by atoms with E-state index in [1.165, 1.54) is 0 Å². The predicted octanol–water partition coefficient (Wildman–Crippen LogP) is 5.09. The zero-order valence-electron chi connectivity index (χ0n) is 17.1. The zero-order chi connectivity index (χ0) is 21.5. The van der Waals surface area contributed by atoms with Crippen LogP contribution in [0.25, 0.3) is 5.69 Å². The highest BCUT2D eigenvalue weighted by Gasteiger charge is 2.19. The van der Waals surface area contributed by atoms with Crippen molar-refractivity contribution in [3.05, 3.63) is 81.1 Å². The summed E-state index contributed by atoms with van der Waals surface area (Å²) in [6.07, 6.45) is 2.06. The second-order valence-electron chi connectivity index (χ2n) is 7.32. The Kier molecular flexibility index (Phi) is 7.56. The minimum absolute atomic E-state index is 0.0570. The monoisotopic (exact) mass is 465 g/mol. The normalized spacial score (nSPS) is 11.8. The Bertz CT molecular complexity index is 1050. The van der Waals surface area contributed by atoms with Crippen molar-refractivity contribution in [2.45, 2.75) is 33.3 Å². The summed E-state index contributed by atoms with van der Waals surface area (Å²) in [7, 11) is 0. The fourth-order valence-corrected chi connectivity index (χ4v) is 3.83. The van der Waals surface area contributed by atoms with Gasteiger partial charge < -0.3 is 9.53 Å². The summed E-state index contributed by atoms with van der Waals surface area (Å²) in [5, 5.41) is 13.9. The number of ether oxygens (including phenoxy) is 1. The standard InChI is InChI=1S/C24H24BrN3O2/c1-17-18(2)27-28(22-9-8-21(14-26)23(25)13-22)24(17)12-20(10-11-29)16-30-15-19-6-4-3-5-7-19/h3-9,11,13,20H,10,12,15-16H2,1-2H3. The number of carbonyl (C=O) groups is 1. The number of aldehydes is 1. The summed E-state index contributed by atoms with van der Waals surface area (Å²) in [5.74, 6) is 0.0570. The first kappa shape index (κ1) is 21.9. The number of nitriles is 1. The van der Waals surface area contributed by atoms with Crippen LogP contribution in [-0.4, -0.2) is 22.7 Å². The fourth-order valence-electron chi connectivity index (χ4n) is 3.37. The van der Waals surface area contributed by atoms with Crippen LogP contribution in [0, 0.1) is 31.1 Å². The molecule has 1 atom stereocenters. The van der Waals surface area contributed by atoms with Crippen LogP contribution in [0.5, 0.6) is 0 Å². The van der Waals surface area contributed by atoms with E-state index in [1.807, 2.05) is 54.1 Å². The topological polar surface area (TPSA) is 67.9 Å². The van der Waals surface area contributed by atoms with E-state index in [2.05, 4.69) is 28.9 Å². The number of rotatable bonds is 9. The molecule has 154 valence electrons. The third kappa shape index (κ3) is 5.24. The van der Waals surface area contributed by atoms with E-state index < -0.39 is 0 Å². The zero-order valence-corrected chi connectivity index (χ0v) is 18.7. The van der Waals surface area contributed by atoms with Crippen LogP contribution < -0.4 is 0 Å². The van der Waals surface area contributed by atoms with Gasteiger partial charge in [0.15, 0.2) is 0 Å². The number of nitrogens with zero attached hydrogens (tertiary/aromatic N) is 3. The SMILES string of the molecule is Cc1nn(-c2ccc(C#N)c(Br)c2)c(CC(CC=O)COCc2ccccc2)c1C. The molecule has 0 fully saturated rings. The van der Waals surface area contributed by atoms with Crippen LogP contribution in [0.15, 0.2) is 53.0 Å². The molecule has 0 aliphatic heterocycles. The largest absolute Gasteiger partial charge is 0.376 e. The van der Waals surface area contributed by atoms with Crippen LogP contribution >= 0.6 is 15.9 Å². The third-order valence-electron chi connectivity index (χ3n) is 5.18. The number of hydrogen-bond acceptors (Lipinski definition) is 4. The summed E-state index contributed by atoms with van der Waals surface area (Å²) < 4.78 is 8.56. The van der Waals surface area contributed by atoms with Crippen molar-refractivity contribution in [2.75, 3.05) is 6.61 Å². The predicted molar refractivity (Wildman–Crippen MR) is 119 cm³/mol.